The van der Waals surface area contributed by atoms with Gasteiger partial charge in [-0.15, -0.1) is 11.3 Å². The van der Waals surface area contributed by atoms with E-state index in [4.69, 9.17) is 4.74 Å². The maximum absolute atomic E-state index is 12.7. The van der Waals surface area contributed by atoms with Gasteiger partial charge in [0.05, 0.1) is 13.2 Å². The Morgan fingerprint density at radius 1 is 1.31 bits per heavy atom. The molecule has 1 saturated heterocycles. The Morgan fingerprint density at radius 2 is 2.12 bits per heavy atom. The molecule has 0 radical (unpaired) electrons. The summed E-state index contributed by atoms with van der Waals surface area (Å²) in [6.07, 6.45) is 1.75. The van der Waals surface area contributed by atoms with Crippen molar-refractivity contribution in [3.05, 3.63) is 58.3 Å². The molecule has 2 heterocycles. The summed E-state index contributed by atoms with van der Waals surface area (Å²) < 4.78 is 5.33. The van der Waals surface area contributed by atoms with E-state index in [2.05, 4.69) is 17.4 Å². The van der Waals surface area contributed by atoms with E-state index in [-0.39, 0.29) is 31.1 Å². The largest absolute Gasteiger partial charge is 0.369 e. The molecule has 1 aliphatic rings. The van der Waals surface area contributed by atoms with Crippen LogP contribution in [-0.2, 0) is 27.3 Å². The van der Waals surface area contributed by atoms with E-state index in [1.807, 2.05) is 42.6 Å². The van der Waals surface area contributed by atoms with Gasteiger partial charge in [-0.3, -0.25) is 9.59 Å². The minimum absolute atomic E-state index is 0.0309. The Balaban J connectivity index is 1.56. The molecule has 1 aliphatic heterocycles. The first kappa shape index (κ1) is 18.6. The Bertz CT molecular complexity index is 718. The zero-order chi connectivity index (χ0) is 18.4. The molecule has 2 aromatic rings. The molecule has 0 spiro atoms. The summed E-state index contributed by atoms with van der Waals surface area (Å²) in [7, 11) is 0. The van der Waals surface area contributed by atoms with Crippen LogP contribution in [0.2, 0.25) is 0 Å². The van der Waals surface area contributed by atoms with Gasteiger partial charge in [-0.2, -0.15) is 0 Å². The number of morpholine rings is 1. The number of aryl methyl sites for hydroxylation is 1. The van der Waals surface area contributed by atoms with Crippen LogP contribution < -0.4 is 5.32 Å². The van der Waals surface area contributed by atoms with Gasteiger partial charge in [0, 0.05) is 10.9 Å². The third-order valence-corrected chi connectivity index (χ3v) is 5.37. The first-order valence-electron chi connectivity index (χ1n) is 8.87. The highest BCUT2D eigenvalue weighted by Crippen LogP contribution is 2.17. The molecule has 6 heteroatoms. The summed E-state index contributed by atoms with van der Waals surface area (Å²) in [5.74, 6) is -0.281. The number of thiophene rings is 1. The third-order valence-electron chi connectivity index (χ3n) is 4.50. The molecule has 0 saturated carbocycles. The zero-order valence-electron chi connectivity index (χ0n) is 14.9. The molecule has 138 valence electrons. The van der Waals surface area contributed by atoms with E-state index in [1.165, 1.54) is 5.56 Å². The van der Waals surface area contributed by atoms with Crippen molar-refractivity contribution < 1.29 is 14.3 Å². The van der Waals surface area contributed by atoms with Crippen LogP contribution in [0.5, 0.6) is 0 Å². The fraction of sp³-hybridized carbons (Fsp3) is 0.400. The number of ether oxygens (including phenoxy) is 1. The first-order chi connectivity index (χ1) is 12.6. The molecular formula is C20H24N2O3S. The van der Waals surface area contributed by atoms with E-state index < -0.39 is 6.04 Å². The van der Waals surface area contributed by atoms with E-state index >= 15 is 0 Å². The molecule has 1 N–H and O–H groups in total. The van der Waals surface area contributed by atoms with Crippen LogP contribution in [0, 0.1) is 0 Å². The van der Waals surface area contributed by atoms with Crippen LogP contribution in [0.3, 0.4) is 0 Å². The molecule has 2 atom stereocenters. The zero-order valence-corrected chi connectivity index (χ0v) is 15.7. The third kappa shape index (κ3) is 4.93. The maximum atomic E-state index is 12.7. The Morgan fingerprint density at radius 3 is 2.85 bits per heavy atom. The van der Waals surface area contributed by atoms with E-state index in [9.17, 15) is 9.59 Å². The second-order valence-electron chi connectivity index (χ2n) is 6.57. The van der Waals surface area contributed by atoms with Crippen molar-refractivity contribution in [2.45, 2.75) is 38.4 Å². The molecule has 0 unspecified atom stereocenters. The lowest BCUT2D eigenvalue weighted by atomic mass is 10.1. The molecule has 3 rings (SSSR count). The smallest absolute Gasteiger partial charge is 0.249 e. The lowest BCUT2D eigenvalue weighted by Crippen LogP contribution is -2.57. The topological polar surface area (TPSA) is 58.6 Å². The van der Waals surface area contributed by atoms with Crippen LogP contribution in [-0.4, -0.2) is 42.0 Å². The lowest BCUT2D eigenvalue weighted by Gasteiger charge is -2.34. The average Bonchev–Trinajstić information content (AvgIpc) is 3.15. The Hall–Kier alpha value is -2.18. The number of hydrogen-bond donors (Lipinski definition) is 1. The van der Waals surface area contributed by atoms with Crippen molar-refractivity contribution in [2.24, 2.45) is 0 Å². The van der Waals surface area contributed by atoms with Crippen molar-refractivity contribution >= 4 is 23.2 Å². The highest BCUT2D eigenvalue weighted by Gasteiger charge is 2.34. The van der Waals surface area contributed by atoms with Gasteiger partial charge >= 0.3 is 0 Å². The molecule has 0 aliphatic carbocycles. The fourth-order valence-electron chi connectivity index (χ4n) is 3.03. The highest BCUT2D eigenvalue weighted by atomic mass is 32.1. The van der Waals surface area contributed by atoms with Crippen LogP contribution in [0.15, 0.2) is 47.8 Å². The lowest BCUT2D eigenvalue weighted by molar-refractivity contribution is -0.155. The number of nitrogens with one attached hydrogen (secondary N) is 1. The fourth-order valence-corrected chi connectivity index (χ4v) is 3.73. The normalized spacial score (nSPS) is 18.6. The second kappa shape index (κ2) is 8.96. The van der Waals surface area contributed by atoms with Crippen molar-refractivity contribution in [3.63, 3.8) is 0 Å². The second-order valence-corrected chi connectivity index (χ2v) is 7.60. The van der Waals surface area contributed by atoms with E-state index in [0.29, 0.717) is 6.54 Å². The number of carbonyl (C=O) groups excluding carboxylic acids is 2. The number of benzene rings is 1. The minimum Gasteiger partial charge on any atom is -0.369 e. The maximum Gasteiger partial charge on any atom is 0.249 e. The summed E-state index contributed by atoms with van der Waals surface area (Å²) in [5, 5.41) is 5.01. The van der Waals surface area contributed by atoms with Gasteiger partial charge in [-0.05, 0) is 36.8 Å². The van der Waals surface area contributed by atoms with E-state index in [1.54, 1.807) is 16.2 Å². The van der Waals surface area contributed by atoms with Crippen molar-refractivity contribution in [1.82, 2.24) is 10.2 Å². The molecule has 1 aromatic heterocycles. The van der Waals surface area contributed by atoms with Crippen molar-refractivity contribution in [3.8, 4) is 0 Å². The Kier molecular flexibility index (Phi) is 6.41. The molecule has 26 heavy (non-hydrogen) atoms. The summed E-state index contributed by atoms with van der Waals surface area (Å²) in [4.78, 5) is 27.7. The van der Waals surface area contributed by atoms with Crippen LogP contribution in [0.25, 0.3) is 0 Å². The molecule has 5 nitrogen and oxygen atoms in total. The Labute approximate surface area is 158 Å². The number of nitrogens with zero attached hydrogens (tertiary/aromatic N) is 1. The summed E-state index contributed by atoms with van der Waals surface area (Å²) in [5.41, 5.74) is 1.25. The van der Waals surface area contributed by atoms with Gasteiger partial charge in [0.15, 0.2) is 0 Å². The first-order valence-corrected chi connectivity index (χ1v) is 9.75. The minimum atomic E-state index is -0.572. The van der Waals surface area contributed by atoms with Gasteiger partial charge < -0.3 is 15.0 Å². The van der Waals surface area contributed by atoms with Crippen LogP contribution in [0.1, 0.15) is 23.8 Å². The van der Waals surface area contributed by atoms with E-state index in [0.717, 1.165) is 17.7 Å². The standard InChI is InChI=1S/C20H24N2O3S/c1-15(9-10-16-6-3-2-4-7-16)21-20(24)18-13-25-14-19(23)22(18)12-17-8-5-11-26-17/h2-8,11,15,18H,9-10,12-14H2,1H3,(H,21,24)/t15-,18+/m1/s1. The molecule has 2 amide bonds. The van der Waals surface area contributed by atoms with Gasteiger partial charge in [0.25, 0.3) is 0 Å². The SMILES string of the molecule is C[C@H](CCc1ccccc1)NC(=O)[C@@H]1COCC(=O)N1Cc1cccs1. The van der Waals surface area contributed by atoms with Crippen LogP contribution >= 0.6 is 11.3 Å². The highest BCUT2D eigenvalue weighted by molar-refractivity contribution is 7.09. The van der Waals surface area contributed by atoms with Crippen LogP contribution in [0.4, 0.5) is 0 Å². The van der Waals surface area contributed by atoms with Gasteiger partial charge in [-0.1, -0.05) is 36.4 Å². The van der Waals surface area contributed by atoms with Gasteiger partial charge in [0.2, 0.25) is 11.8 Å². The molecule has 1 fully saturated rings. The van der Waals surface area contributed by atoms with Crippen molar-refractivity contribution in [2.75, 3.05) is 13.2 Å². The monoisotopic (exact) mass is 372 g/mol. The summed E-state index contributed by atoms with van der Waals surface area (Å²) in [6, 6.07) is 13.6. The quantitative estimate of drug-likeness (QED) is 0.813. The number of carbonyl (C=O) groups is 2. The van der Waals surface area contributed by atoms with Gasteiger partial charge in [-0.25, -0.2) is 0 Å². The van der Waals surface area contributed by atoms with Gasteiger partial charge in [0.1, 0.15) is 12.6 Å². The predicted molar refractivity (Wildman–Crippen MR) is 102 cm³/mol. The molecule has 1 aromatic carbocycles. The number of rotatable bonds is 7. The molecular weight excluding hydrogens is 348 g/mol. The summed E-state index contributed by atoms with van der Waals surface area (Å²) in [6.45, 7) is 2.74. The predicted octanol–water partition coefficient (Wildman–Crippen LogP) is 2.61. The average molecular weight is 372 g/mol. The summed E-state index contributed by atoms with van der Waals surface area (Å²) >= 11 is 1.59. The van der Waals surface area contributed by atoms with Crippen molar-refractivity contribution in [1.29, 1.82) is 0 Å². The number of hydrogen-bond acceptors (Lipinski definition) is 4. The molecule has 0 bridgehead atoms. The number of amides is 2.